The summed E-state index contributed by atoms with van der Waals surface area (Å²) in [6.45, 7) is 7.68. The van der Waals surface area contributed by atoms with E-state index < -0.39 is 6.10 Å². The normalized spacial score (nSPS) is 18.1. The van der Waals surface area contributed by atoms with Gasteiger partial charge in [-0.1, -0.05) is 24.4 Å². The summed E-state index contributed by atoms with van der Waals surface area (Å²) in [7, 11) is 0. The lowest BCUT2D eigenvalue weighted by molar-refractivity contribution is 0.107. The van der Waals surface area contributed by atoms with Crippen molar-refractivity contribution in [3.05, 3.63) is 21.3 Å². The summed E-state index contributed by atoms with van der Waals surface area (Å²) in [4.78, 5) is 5.69. The molecule has 0 aliphatic heterocycles. The number of nitrogens with one attached hydrogen (secondary N) is 2. The van der Waals surface area contributed by atoms with Crippen molar-refractivity contribution >= 4 is 28.9 Å². The molecule has 26 heavy (non-hydrogen) atoms. The lowest BCUT2D eigenvalue weighted by atomic mass is 9.83. The first kappa shape index (κ1) is 21.5. The molecule has 1 unspecified atom stereocenters. The summed E-state index contributed by atoms with van der Waals surface area (Å²) in [5.74, 6) is 0.761. The summed E-state index contributed by atoms with van der Waals surface area (Å²) < 4.78 is 6.27. The van der Waals surface area contributed by atoms with Crippen LogP contribution in [0.3, 0.4) is 0 Å². The van der Waals surface area contributed by atoms with Crippen LogP contribution in [-0.4, -0.2) is 43.9 Å². The molecule has 1 atom stereocenters. The second-order valence-corrected chi connectivity index (χ2v) is 8.63. The van der Waals surface area contributed by atoms with Gasteiger partial charge in [0.2, 0.25) is 0 Å². The van der Waals surface area contributed by atoms with Crippen molar-refractivity contribution in [3.63, 3.8) is 0 Å². The molecule has 148 valence electrons. The molecule has 7 heteroatoms. The van der Waals surface area contributed by atoms with Gasteiger partial charge in [-0.2, -0.15) is 0 Å². The first-order valence-electron chi connectivity index (χ1n) is 9.62. The fourth-order valence-corrected chi connectivity index (χ4v) is 4.48. The molecule has 1 saturated carbocycles. The Bertz CT molecular complexity index is 559. The first-order chi connectivity index (χ1) is 12.6. The smallest absolute Gasteiger partial charge is 0.191 e. The minimum Gasteiger partial charge on any atom is -0.386 e. The van der Waals surface area contributed by atoms with Crippen LogP contribution < -0.4 is 10.6 Å². The molecule has 0 bridgehead atoms. The molecule has 5 nitrogen and oxygen atoms in total. The van der Waals surface area contributed by atoms with E-state index in [1.807, 2.05) is 26.0 Å². The molecule has 0 aromatic carbocycles. The molecule has 0 amide bonds. The van der Waals surface area contributed by atoms with E-state index in [1.54, 1.807) is 0 Å². The van der Waals surface area contributed by atoms with E-state index in [9.17, 15) is 5.11 Å². The first-order valence-corrected chi connectivity index (χ1v) is 10.8. The molecular formula is C19H32ClN3O2S. The van der Waals surface area contributed by atoms with Gasteiger partial charge < -0.3 is 20.5 Å². The number of ether oxygens (including phenoxy) is 1. The molecule has 1 fully saturated rings. The maximum Gasteiger partial charge on any atom is 0.191 e. The zero-order chi connectivity index (χ0) is 18.8. The van der Waals surface area contributed by atoms with Crippen molar-refractivity contribution in [1.82, 2.24) is 10.6 Å². The number of hydrogen-bond acceptors (Lipinski definition) is 4. The third kappa shape index (κ3) is 6.72. The monoisotopic (exact) mass is 401 g/mol. The molecule has 1 aromatic heterocycles. The minimum atomic E-state index is -0.588. The lowest BCUT2D eigenvalue weighted by Gasteiger charge is -2.27. The van der Waals surface area contributed by atoms with Gasteiger partial charge >= 0.3 is 0 Å². The molecule has 0 spiro atoms. The summed E-state index contributed by atoms with van der Waals surface area (Å²) in [5.41, 5.74) is 0.261. The van der Waals surface area contributed by atoms with Crippen LogP contribution in [0.4, 0.5) is 0 Å². The van der Waals surface area contributed by atoms with Crippen LogP contribution in [0.1, 0.15) is 56.9 Å². The molecule has 1 heterocycles. The number of rotatable bonds is 10. The van der Waals surface area contributed by atoms with Crippen LogP contribution in [0, 0.1) is 5.41 Å². The van der Waals surface area contributed by atoms with Crippen LogP contribution in [-0.2, 0) is 4.74 Å². The van der Waals surface area contributed by atoms with Gasteiger partial charge in [0.25, 0.3) is 0 Å². The highest BCUT2D eigenvalue weighted by molar-refractivity contribution is 7.16. The van der Waals surface area contributed by atoms with Crippen LogP contribution in [0.5, 0.6) is 0 Å². The molecule has 1 aliphatic carbocycles. The molecule has 1 aliphatic rings. The van der Waals surface area contributed by atoms with Gasteiger partial charge in [0.05, 0.1) is 4.34 Å². The van der Waals surface area contributed by atoms with Crippen LogP contribution >= 0.6 is 22.9 Å². The van der Waals surface area contributed by atoms with Crippen molar-refractivity contribution in [1.29, 1.82) is 0 Å². The number of guanidine groups is 1. The molecule has 0 radical (unpaired) electrons. The second kappa shape index (κ2) is 11.1. The Kier molecular flexibility index (Phi) is 9.19. The number of aliphatic imine (C=N–C) groups is 1. The number of aliphatic hydroxyl groups is 1. The second-order valence-electron chi connectivity index (χ2n) is 6.89. The van der Waals surface area contributed by atoms with Gasteiger partial charge in [0.15, 0.2) is 5.96 Å². The third-order valence-corrected chi connectivity index (χ3v) is 6.28. The van der Waals surface area contributed by atoms with Gasteiger partial charge in [-0.3, -0.25) is 4.99 Å². The molecule has 3 N–H and O–H groups in total. The van der Waals surface area contributed by atoms with E-state index in [-0.39, 0.29) is 5.41 Å². The fourth-order valence-electron chi connectivity index (χ4n) is 3.44. The Morgan fingerprint density at radius 3 is 2.73 bits per heavy atom. The Hall–Kier alpha value is -0.820. The lowest BCUT2D eigenvalue weighted by Crippen LogP contribution is -2.40. The van der Waals surface area contributed by atoms with Gasteiger partial charge in [-0.15, -0.1) is 11.3 Å². The number of aliphatic hydroxyl groups excluding tert-OH is 1. The van der Waals surface area contributed by atoms with Crippen molar-refractivity contribution in [3.8, 4) is 0 Å². The molecule has 1 aromatic rings. The number of halogens is 1. The van der Waals surface area contributed by atoms with Gasteiger partial charge in [-0.25, -0.2) is 0 Å². The van der Waals surface area contributed by atoms with E-state index in [0.717, 1.165) is 43.6 Å². The Balaban J connectivity index is 1.91. The highest BCUT2D eigenvalue weighted by Crippen LogP contribution is 2.41. The van der Waals surface area contributed by atoms with Crippen LogP contribution in [0.2, 0.25) is 4.34 Å². The van der Waals surface area contributed by atoms with E-state index in [4.69, 9.17) is 21.3 Å². The molecule has 2 rings (SSSR count). The van der Waals surface area contributed by atoms with Gasteiger partial charge in [0.1, 0.15) is 6.10 Å². The fraction of sp³-hybridized carbons (Fsp3) is 0.737. The summed E-state index contributed by atoms with van der Waals surface area (Å²) in [5, 5.41) is 16.8. The van der Waals surface area contributed by atoms with E-state index in [2.05, 4.69) is 10.6 Å². The summed E-state index contributed by atoms with van der Waals surface area (Å²) in [6, 6.07) is 3.68. The van der Waals surface area contributed by atoms with Crippen molar-refractivity contribution in [2.24, 2.45) is 10.4 Å². The predicted molar refractivity (Wildman–Crippen MR) is 110 cm³/mol. The Morgan fingerprint density at radius 2 is 2.12 bits per heavy atom. The maximum absolute atomic E-state index is 10.3. The minimum absolute atomic E-state index is 0.261. The van der Waals surface area contributed by atoms with Crippen molar-refractivity contribution < 1.29 is 9.84 Å². The van der Waals surface area contributed by atoms with E-state index in [0.29, 0.717) is 10.9 Å². The van der Waals surface area contributed by atoms with E-state index in [1.165, 1.54) is 37.0 Å². The average molecular weight is 402 g/mol. The molecular weight excluding hydrogens is 370 g/mol. The molecule has 0 saturated heterocycles. The largest absolute Gasteiger partial charge is 0.386 e. The van der Waals surface area contributed by atoms with Gasteiger partial charge in [0, 0.05) is 37.7 Å². The summed E-state index contributed by atoms with van der Waals surface area (Å²) in [6.07, 6.45) is 5.49. The number of nitrogens with zero attached hydrogens (tertiary/aromatic N) is 1. The SMILES string of the molecule is CCNC(=NCC1(CCOCC)CCCC1)NCC(O)c1ccc(Cl)s1. The maximum atomic E-state index is 10.3. The van der Waals surface area contributed by atoms with Crippen LogP contribution in [0.15, 0.2) is 17.1 Å². The standard InChI is InChI=1S/C19H32ClN3O2S/c1-3-21-18(22-13-15(24)16-7-8-17(20)26-16)23-14-19(9-5-6-10-19)11-12-25-4-2/h7-8,15,24H,3-6,9-14H2,1-2H3,(H2,21,22,23). The van der Waals surface area contributed by atoms with Crippen molar-refractivity contribution in [2.45, 2.75) is 52.1 Å². The van der Waals surface area contributed by atoms with Crippen molar-refractivity contribution in [2.75, 3.05) is 32.8 Å². The van der Waals surface area contributed by atoms with E-state index >= 15 is 0 Å². The van der Waals surface area contributed by atoms with Crippen LogP contribution in [0.25, 0.3) is 0 Å². The summed E-state index contributed by atoms with van der Waals surface area (Å²) >= 11 is 7.35. The quantitative estimate of drug-likeness (QED) is 0.315. The average Bonchev–Trinajstić information content (AvgIpc) is 3.27. The Morgan fingerprint density at radius 1 is 1.35 bits per heavy atom. The highest BCUT2D eigenvalue weighted by atomic mass is 35.5. The topological polar surface area (TPSA) is 65.9 Å². The Labute approximate surface area is 166 Å². The third-order valence-electron chi connectivity index (χ3n) is 4.95. The van der Waals surface area contributed by atoms with Gasteiger partial charge in [-0.05, 0) is 50.7 Å². The zero-order valence-electron chi connectivity index (χ0n) is 15.9. The highest BCUT2D eigenvalue weighted by Gasteiger charge is 2.33. The zero-order valence-corrected chi connectivity index (χ0v) is 17.5. The number of hydrogen-bond donors (Lipinski definition) is 3. The predicted octanol–water partition coefficient (Wildman–Crippen LogP) is 3.98. The number of thiophene rings is 1.